The van der Waals surface area contributed by atoms with E-state index in [0.29, 0.717) is 22.9 Å². The van der Waals surface area contributed by atoms with Crippen molar-refractivity contribution in [1.29, 1.82) is 0 Å². The highest BCUT2D eigenvalue weighted by molar-refractivity contribution is 6.35. The van der Waals surface area contributed by atoms with Crippen LogP contribution in [-0.4, -0.2) is 11.5 Å². The summed E-state index contributed by atoms with van der Waals surface area (Å²) in [6.45, 7) is 4.07. The summed E-state index contributed by atoms with van der Waals surface area (Å²) in [4.78, 5) is 12.5. The van der Waals surface area contributed by atoms with Crippen LogP contribution in [-0.2, 0) is 11.2 Å². The second-order valence-corrected chi connectivity index (χ2v) is 7.80. The molecule has 1 aliphatic rings. The Kier molecular flexibility index (Phi) is 5.26. The zero-order chi connectivity index (χ0) is 18.0. The normalized spacial score (nSPS) is 18.2. The Hall–Kier alpha value is -1.71. The van der Waals surface area contributed by atoms with Gasteiger partial charge in [-0.1, -0.05) is 47.5 Å². The molecule has 1 unspecified atom stereocenters. The van der Waals surface area contributed by atoms with Gasteiger partial charge in [0.1, 0.15) is 11.4 Å². The number of halogens is 2. The molecule has 1 amide bonds. The van der Waals surface area contributed by atoms with Crippen LogP contribution >= 0.6 is 23.2 Å². The molecule has 0 aliphatic carbocycles. The lowest BCUT2D eigenvalue weighted by molar-refractivity contribution is -0.122. The number of aryl methyl sites for hydroxylation is 1. The van der Waals surface area contributed by atoms with Crippen LogP contribution in [0, 0.1) is 0 Å². The van der Waals surface area contributed by atoms with Crippen molar-refractivity contribution in [2.24, 2.45) is 0 Å². The molecule has 0 saturated heterocycles. The number of para-hydroxylation sites is 1. The van der Waals surface area contributed by atoms with Crippen LogP contribution in [0.25, 0.3) is 0 Å². The minimum Gasteiger partial charge on any atom is -0.487 e. The summed E-state index contributed by atoms with van der Waals surface area (Å²) in [6, 6.07) is 13.2. The number of carbonyl (C=O) groups excluding carboxylic acids is 1. The Bertz CT molecular complexity index is 789. The van der Waals surface area contributed by atoms with Gasteiger partial charge in [-0.15, -0.1) is 0 Å². The molecule has 3 rings (SSSR count). The van der Waals surface area contributed by atoms with Crippen LogP contribution in [0.15, 0.2) is 42.5 Å². The fraction of sp³-hybridized carbons (Fsp3) is 0.350. The first kappa shape index (κ1) is 18.1. The van der Waals surface area contributed by atoms with Gasteiger partial charge in [-0.25, -0.2) is 0 Å². The third kappa shape index (κ3) is 4.47. The number of amides is 1. The quantitative estimate of drug-likeness (QED) is 0.780. The summed E-state index contributed by atoms with van der Waals surface area (Å²) in [5, 5.41) is 4.34. The first-order valence-electron chi connectivity index (χ1n) is 8.35. The number of benzene rings is 2. The number of fused-ring (bicyclic) bond motifs is 1. The summed E-state index contributed by atoms with van der Waals surface area (Å²) in [7, 11) is 0. The van der Waals surface area contributed by atoms with E-state index in [1.807, 2.05) is 44.2 Å². The number of nitrogens with one attached hydrogen (secondary N) is 1. The maximum absolute atomic E-state index is 12.5. The van der Waals surface area contributed by atoms with E-state index in [1.54, 1.807) is 12.1 Å². The van der Waals surface area contributed by atoms with E-state index in [-0.39, 0.29) is 17.6 Å². The molecule has 25 heavy (non-hydrogen) atoms. The molecule has 1 heterocycles. The lowest BCUT2D eigenvalue weighted by Crippen LogP contribution is -2.41. The lowest BCUT2D eigenvalue weighted by Gasteiger charge is -2.37. The molecule has 2 aromatic carbocycles. The van der Waals surface area contributed by atoms with Crippen molar-refractivity contribution in [2.45, 2.75) is 44.8 Å². The number of hydrogen-bond acceptors (Lipinski definition) is 2. The van der Waals surface area contributed by atoms with Crippen molar-refractivity contribution in [3.8, 4) is 5.75 Å². The third-order valence-electron chi connectivity index (χ3n) is 4.35. The smallest absolute Gasteiger partial charge is 0.220 e. The van der Waals surface area contributed by atoms with Gasteiger partial charge in [0.25, 0.3) is 0 Å². The third-order valence-corrected chi connectivity index (χ3v) is 4.94. The minimum absolute atomic E-state index is 0.00326. The van der Waals surface area contributed by atoms with Gasteiger partial charge in [-0.3, -0.25) is 4.79 Å². The Morgan fingerprint density at radius 2 is 2.00 bits per heavy atom. The van der Waals surface area contributed by atoms with Crippen molar-refractivity contribution in [2.75, 3.05) is 0 Å². The fourth-order valence-corrected chi connectivity index (χ4v) is 3.67. The molecule has 1 atom stereocenters. The molecular formula is C20H21Cl2NO2. The van der Waals surface area contributed by atoms with Crippen LogP contribution in [0.1, 0.15) is 43.9 Å². The van der Waals surface area contributed by atoms with Crippen LogP contribution in [0.3, 0.4) is 0 Å². The van der Waals surface area contributed by atoms with Crippen molar-refractivity contribution in [3.63, 3.8) is 0 Å². The average Bonchev–Trinajstić information content (AvgIpc) is 2.53. The van der Waals surface area contributed by atoms with Crippen LogP contribution in [0.4, 0.5) is 0 Å². The van der Waals surface area contributed by atoms with Crippen molar-refractivity contribution in [3.05, 3.63) is 63.6 Å². The maximum Gasteiger partial charge on any atom is 0.220 e. The highest BCUT2D eigenvalue weighted by Crippen LogP contribution is 2.39. The number of carbonyl (C=O) groups is 1. The molecule has 1 N–H and O–H groups in total. The number of rotatable bonds is 4. The van der Waals surface area contributed by atoms with Crippen molar-refractivity contribution < 1.29 is 9.53 Å². The summed E-state index contributed by atoms with van der Waals surface area (Å²) in [5.41, 5.74) is 1.64. The van der Waals surface area contributed by atoms with E-state index < -0.39 is 0 Å². The average molecular weight is 378 g/mol. The van der Waals surface area contributed by atoms with E-state index in [0.717, 1.165) is 23.3 Å². The van der Waals surface area contributed by atoms with E-state index >= 15 is 0 Å². The molecule has 3 nitrogen and oxygen atoms in total. The molecule has 0 spiro atoms. The molecule has 2 aromatic rings. The summed E-state index contributed by atoms with van der Waals surface area (Å²) >= 11 is 12.1. The molecule has 132 valence electrons. The van der Waals surface area contributed by atoms with Crippen LogP contribution in [0.5, 0.6) is 5.75 Å². The van der Waals surface area contributed by atoms with Crippen LogP contribution in [0.2, 0.25) is 10.0 Å². The second-order valence-electron chi connectivity index (χ2n) is 6.96. The topological polar surface area (TPSA) is 38.3 Å². The molecule has 5 heteroatoms. The van der Waals surface area contributed by atoms with Gasteiger partial charge in [-0.2, -0.15) is 0 Å². The van der Waals surface area contributed by atoms with E-state index in [9.17, 15) is 4.79 Å². The molecule has 0 saturated carbocycles. The largest absolute Gasteiger partial charge is 0.487 e. The van der Waals surface area contributed by atoms with E-state index in [1.165, 1.54) is 0 Å². The second kappa shape index (κ2) is 7.27. The summed E-state index contributed by atoms with van der Waals surface area (Å²) < 4.78 is 6.01. The summed E-state index contributed by atoms with van der Waals surface area (Å²) in [6.07, 6.45) is 1.69. The zero-order valence-electron chi connectivity index (χ0n) is 14.3. The standard InChI is InChI=1S/C20H21Cl2NO2/c1-20(2)12-17(15-5-3-4-6-18(15)25-20)23-19(24)10-8-13-7-9-14(21)11-16(13)22/h3-7,9,11,17H,8,10,12H2,1-2H3,(H,23,24). The van der Waals surface area contributed by atoms with Gasteiger partial charge >= 0.3 is 0 Å². The SMILES string of the molecule is CC1(C)CC(NC(=O)CCc2ccc(Cl)cc2Cl)c2ccccc2O1. The Balaban J connectivity index is 1.66. The zero-order valence-corrected chi connectivity index (χ0v) is 15.8. The molecular weight excluding hydrogens is 357 g/mol. The molecule has 0 bridgehead atoms. The molecule has 0 fully saturated rings. The van der Waals surface area contributed by atoms with Gasteiger partial charge in [0, 0.05) is 28.5 Å². The summed E-state index contributed by atoms with van der Waals surface area (Å²) in [5.74, 6) is 0.841. The van der Waals surface area contributed by atoms with Gasteiger partial charge < -0.3 is 10.1 Å². The fourth-order valence-electron chi connectivity index (χ4n) is 3.17. The Labute approximate surface area is 158 Å². The van der Waals surface area contributed by atoms with Crippen molar-refractivity contribution >= 4 is 29.1 Å². The minimum atomic E-state index is -0.314. The molecule has 0 aromatic heterocycles. The molecule has 1 aliphatic heterocycles. The monoisotopic (exact) mass is 377 g/mol. The van der Waals surface area contributed by atoms with Gasteiger partial charge in [0.05, 0.1) is 6.04 Å². The Morgan fingerprint density at radius 1 is 1.24 bits per heavy atom. The van der Waals surface area contributed by atoms with Gasteiger partial charge in [-0.05, 0) is 44.0 Å². The lowest BCUT2D eigenvalue weighted by atomic mass is 9.89. The Morgan fingerprint density at radius 3 is 2.76 bits per heavy atom. The number of hydrogen-bond donors (Lipinski definition) is 1. The predicted octanol–water partition coefficient (Wildman–Crippen LogP) is 5.34. The van der Waals surface area contributed by atoms with E-state index in [2.05, 4.69) is 5.32 Å². The van der Waals surface area contributed by atoms with Crippen molar-refractivity contribution in [1.82, 2.24) is 5.32 Å². The van der Waals surface area contributed by atoms with Gasteiger partial charge in [0.2, 0.25) is 5.91 Å². The first-order chi connectivity index (χ1) is 11.8. The number of ether oxygens (including phenoxy) is 1. The van der Waals surface area contributed by atoms with Crippen LogP contribution < -0.4 is 10.1 Å². The first-order valence-corrected chi connectivity index (χ1v) is 9.11. The highest BCUT2D eigenvalue weighted by atomic mass is 35.5. The highest BCUT2D eigenvalue weighted by Gasteiger charge is 2.34. The predicted molar refractivity (Wildman–Crippen MR) is 101 cm³/mol. The van der Waals surface area contributed by atoms with E-state index in [4.69, 9.17) is 27.9 Å². The molecule has 0 radical (unpaired) electrons. The maximum atomic E-state index is 12.5. The van der Waals surface area contributed by atoms with Gasteiger partial charge in [0.15, 0.2) is 0 Å².